The summed E-state index contributed by atoms with van der Waals surface area (Å²) >= 11 is 13.6. The van der Waals surface area contributed by atoms with Crippen LogP contribution in [0.5, 0.6) is 0 Å². The molecule has 0 fully saturated rings. The minimum absolute atomic E-state index is 0.127. The third-order valence-electron chi connectivity index (χ3n) is 4.44. The van der Waals surface area contributed by atoms with Gasteiger partial charge in [-0.1, -0.05) is 41.4 Å². The molecule has 0 radical (unpaired) electrons. The van der Waals surface area contributed by atoms with Crippen molar-refractivity contribution in [2.45, 2.75) is 19.5 Å². The first-order valence-corrected chi connectivity index (χ1v) is 10.3. The Morgan fingerprint density at radius 1 is 1.21 bits per heavy atom. The summed E-state index contributed by atoms with van der Waals surface area (Å²) < 4.78 is 1.89. The van der Waals surface area contributed by atoms with Gasteiger partial charge in [-0.3, -0.25) is 4.79 Å². The smallest absolute Gasteiger partial charge is 0.240 e. The molecule has 2 aromatic carbocycles. The first-order chi connectivity index (χ1) is 13.5. The number of thiazole rings is 1. The molecule has 0 bridgehead atoms. The minimum atomic E-state index is -0.209. The van der Waals surface area contributed by atoms with E-state index in [1.807, 2.05) is 47.2 Å². The molecule has 142 valence electrons. The average Bonchev–Trinajstić information content (AvgIpc) is 3.32. The Morgan fingerprint density at radius 2 is 2.04 bits per heavy atom. The van der Waals surface area contributed by atoms with Crippen LogP contribution in [-0.4, -0.2) is 20.4 Å². The van der Waals surface area contributed by atoms with Crippen molar-refractivity contribution in [2.24, 2.45) is 0 Å². The lowest BCUT2D eigenvalue weighted by molar-refractivity contribution is -0.122. The molecular formula is C20H16Cl2N4OS. The van der Waals surface area contributed by atoms with Crippen LogP contribution in [0.15, 0.2) is 53.4 Å². The fourth-order valence-electron chi connectivity index (χ4n) is 3.05. The van der Waals surface area contributed by atoms with Gasteiger partial charge in [-0.25, -0.2) is 9.97 Å². The number of carbonyl (C=O) groups is 1. The van der Waals surface area contributed by atoms with E-state index in [2.05, 4.69) is 15.3 Å². The second-order valence-electron chi connectivity index (χ2n) is 6.35. The molecule has 1 N–H and O–H groups in total. The van der Waals surface area contributed by atoms with Gasteiger partial charge in [-0.15, -0.1) is 11.3 Å². The van der Waals surface area contributed by atoms with Crippen LogP contribution in [0, 0.1) is 0 Å². The number of rotatable bonds is 5. The van der Waals surface area contributed by atoms with Crippen LogP contribution in [0.1, 0.15) is 18.5 Å². The van der Waals surface area contributed by atoms with Crippen molar-refractivity contribution in [3.63, 3.8) is 0 Å². The lowest BCUT2D eigenvalue weighted by Gasteiger charge is -2.16. The van der Waals surface area contributed by atoms with E-state index in [1.165, 1.54) is 11.3 Å². The summed E-state index contributed by atoms with van der Waals surface area (Å²) in [5, 5.41) is 5.89. The normalized spacial score (nSPS) is 12.2. The number of halogens is 2. The zero-order valence-electron chi connectivity index (χ0n) is 14.9. The zero-order chi connectivity index (χ0) is 19.7. The third kappa shape index (κ3) is 3.76. The SMILES string of the molecule is C[C@@H](NC(=O)Cn1c(-c2cscn2)nc2ccccc21)c1ccc(Cl)c(Cl)c1. The molecular weight excluding hydrogens is 415 g/mol. The number of nitrogens with zero attached hydrogens (tertiary/aromatic N) is 3. The van der Waals surface area contributed by atoms with Crippen LogP contribution in [0.4, 0.5) is 0 Å². The van der Waals surface area contributed by atoms with Gasteiger partial charge in [0.05, 0.1) is 32.6 Å². The quantitative estimate of drug-likeness (QED) is 0.464. The highest BCUT2D eigenvalue weighted by Crippen LogP contribution is 2.26. The molecule has 0 saturated heterocycles. The summed E-state index contributed by atoms with van der Waals surface area (Å²) in [6, 6.07) is 12.9. The summed E-state index contributed by atoms with van der Waals surface area (Å²) in [4.78, 5) is 21.8. The van der Waals surface area contributed by atoms with Gasteiger partial charge >= 0.3 is 0 Å². The number of hydrogen-bond donors (Lipinski definition) is 1. The highest BCUT2D eigenvalue weighted by atomic mass is 35.5. The Labute approximate surface area is 176 Å². The van der Waals surface area contributed by atoms with E-state index >= 15 is 0 Å². The molecule has 8 heteroatoms. The van der Waals surface area contributed by atoms with Crippen molar-refractivity contribution in [2.75, 3.05) is 0 Å². The number of imidazole rings is 1. The molecule has 1 atom stereocenters. The largest absolute Gasteiger partial charge is 0.348 e. The lowest BCUT2D eigenvalue weighted by Crippen LogP contribution is -2.30. The van der Waals surface area contributed by atoms with Crippen molar-refractivity contribution < 1.29 is 4.79 Å². The summed E-state index contributed by atoms with van der Waals surface area (Å²) in [5.41, 5.74) is 5.12. The predicted octanol–water partition coefficient (Wildman–Crippen LogP) is 5.34. The van der Waals surface area contributed by atoms with Gasteiger partial charge in [0.2, 0.25) is 5.91 Å². The Hall–Kier alpha value is -2.41. The fraction of sp³-hybridized carbons (Fsp3) is 0.150. The number of nitrogens with one attached hydrogen (secondary N) is 1. The van der Waals surface area contributed by atoms with Crippen molar-refractivity contribution in [1.82, 2.24) is 19.9 Å². The van der Waals surface area contributed by atoms with E-state index in [-0.39, 0.29) is 18.5 Å². The van der Waals surface area contributed by atoms with Gasteiger partial charge in [0.1, 0.15) is 12.2 Å². The van der Waals surface area contributed by atoms with E-state index in [4.69, 9.17) is 23.2 Å². The van der Waals surface area contributed by atoms with Crippen LogP contribution in [-0.2, 0) is 11.3 Å². The number of fused-ring (bicyclic) bond motifs is 1. The van der Waals surface area contributed by atoms with Crippen LogP contribution in [0.25, 0.3) is 22.6 Å². The predicted molar refractivity (Wildman–Crippen MR) is 114 cm³/mol. The number of aromatic nitrogens is 3. The average molecular weight is 431 g/mol. The molecule has 0 unspecified atom stereocenters. The number of hydrogen-bond acceptors (Lipinski definition) is 4. The van der Waals surface area contributed by atoms with E-state index in [0.717, 1.165) is 22.3 Å². The number of para-hydroxylation sites is 2. The number of carbonyl (C=O) groups excluding carboxylic acids is 1. The molecule has 4 aromatic rings. The molecule has 0 aliphatic heterocycles. The summed E-state index contributed by atoms with van der Waals surface area (Å²) in [5.74, 6) is 0.554. The summed E-state index contributed by atoms with van der Waals surface area (Å²) in [7, 11) is 0. The van der Waals surface area contributed by atoms with Crippen molar-refractivity contribution in [3.8, 4) is 11.5 Å². The van der Waals surface area contributed by atoms with E-state index in [0.29, 0.717) is 15.9 Å². The van der Waals surface area contributed by atoms with Gasteiger partial charge in [0.15, 0.2) is 5.82 Å². The monoisotopic (exact) mass is 430 g/mol. The molecule has 2 aromatic heterocycles. The van der Waals surface area contributed by atoms with E-state index < -0.39 is 0 Å². The van der Waals surface area contributed by atoms with Crippen LogP contribution >= 0.6 is 34.5 Å². The standard InChI is InChI=1S/C20H16Cl2N4OS/c1-12(13-6-7-14(21)15(22)8-13)24-19(27)9-26-18-5-3-2-4-16(18)25-20(26)17-10-28-11-23-17/h2-8,10-12H,9H2,1H3,(H,24,27)/t12-/m1/s1. The molecule has 28 heavy (non-hydrogen) atoms. The van der Waals surface area contributed by atoms with Crippen LogP contribution < -0.4 is 5.32 Å². The van der Waals surface area contributed by atoms with Gasteiger partial charge in [-0.2, -0.15) is 0 Å². The van der Waals surface area contributed by atoms with Crippen LogP contribution in [0.3, 0.4) is 0 Å². The van der Waals surface area contributed by atoms with Crippen molar-refractivity contribution in [1.29, 1.82) is 0 Å². The molecule has 0 spiro atoms. The Morgan fingerprint density at radius 3 is 2.79 bits per heavy atom. The van der Waals surface area contributed by atoms with Crippen molar-refractivity contribution in [3.05, 3.63) is 69.0 Å². The fourth-order valence-corrected chi connectivity index (χ4v) is 3.89. The second-order valence-corrected chi connectivity index (χ2v) is 7.88. The van der Waals surface area contributed by atoms with Gasteiger partial charge in [0.25, 0.3) is 0 Å². The zero-order valence-corrected chi connectivity index (χ0v) is 17.2. The first kappa shape index (κ1) is 18.9. The summed E-state index contributed by atoms with van der Waals surface area (Å²) in [6.07, 6.45) is 0. The Bertz CT molecular complexity index is 1140. The minimum Gasteiger partial charge on any atom is -0.348 e. The summed E-state index contributed by atoms with van der Waals surface area (Å²) in [6.45, 7) is 2.05. The van der Waals surface area contributed by atoms with Gasteiger partial charge in [0, 0.05) is 5.38 Å². The van der Waals surface area contributed by atoms with E-state index in [9.17, 15) is 4.79 Å². The number of benzene rings is 2. The van der Waals surface area contributed by atoms with Gasteiger partial charge in [-0.05, 0) is 36.8 Å². The maximum Gasteiger partial charge on any atom is 0.240 e. The highest BCUT2D eigenvalue weighted by molar-refractivity contribution is 7.07. The molecule has 4 rings (SSSR count). The topological polar surface area (TPSA) is 59.8 Å². The van der Waals surface area contributed by atoms with Gasteiger partial charge < -0.3 is 9.88 Å². The molecule has 1 amide bonds. The molecule has 0 aliphatic rings. The van der Waals surface area contributed by atoms with E-state index in [1.54, 1.807) is 17.6 Å². The highest BCUT2D eigenvalue weighted by Gasteiger charge is 2.18. The van der Waals surface area contributed by atoms with Crippen LogP contribution in [0.2, 0.25) is 10.0 Å². The second kappa shape index (κ2) is 7.91. The molecule has 5 nitrogen and oxygen atoms in total. The maximum absolute atomic E-state index is 12.8. The maximum atomic E-state index is 12.8. The third-order valence-corrected chi connectivity index (χ3v) is 5.76. The molecule has 2 heterocycles. The first-order valence-electron chi connectivity index (χ1n) is 8.61. The Balaban J connectivity index is 1.60. The Kier molecular flexibility index (Phi) is 5.35. The molecule has 0 saturated carbocycles. The van der Waals surface area contributed by atoms with Crippen molar-refractivity contribution >= 4 is 51.5 Å². The molecule has 0 aliphatic carbocycles. The lowest BCUT2D eigenvalue weighted by atomic mass is 10.1. The number of amides is 1.